The fourth-order valence-electron chi connectivity index (χ4n) is 1.15. The SMILES string of the molecule is CCOC(=O)CCCCCCC=[N+]=[N-]. The standard InChI is InChI=1S/C10H18N2O2/c1-2-14-10(13)8-6-4-3-5-7-9-12-11/h9H,2-8H2,1H3. The van der Waals surface area contributed by atoms with Crippen molar-refractivity contribution in [1.82, 2.24) is 0 Å². The van der Waals surface area contributed by atoms with Gasteiger partial charge in [0.25, 0.3) is 6.21 Å². The van der Waals surface area contributed by atoms with E-state index in [-0.39, 0.29) is 5.97 Å². The van der Waals surface area contributed by atoms with Gasteiger partial charge >= 0.3 is 5.97 Å². The molecular formula is C10H18N2O2. The van der Waals surface area contributed by atoms with Crippen molar-refractivity contribution in [2.75, 3.05) is 6.61 Å². The number of nitrogens with zero attached hydrogens (tertiary/aromatic N) is 2. The number of carbonyl (C=O) groups is 1. The lowest BCUT2D eigenvalue weighted by Gasteiger charge is -2.00. The summed E-state index contributed by atoms with van der Waals surface area (Å²) in [4.78, 5) is 13.8. The van der Waals surface area contributed by atoms with Crippen LogP contribution in [0.4, 0.5) is 0 Å². The largest absolute Gasteiger partial charge is 0.466 e. The second kappa shape index (κ2) is 9.93. The van der Waals surface area contributed by atoms with Crippen molar-refractivity contribution in [1.29, 1.82) is 0 Å². The maximum Gasteiger partial charge on any atom is 0.305 e. The molecule has 0 radical (unpaired) electrons. The highest BCUT2D eigenvalue weighted by Crippen LogP contribution is 2.05. The van der Waals surface area contributed by atoms with E-state index in [1.807, 2.05) is 6.92 Å². The average Bonchev–Trinajstić information content (AvgIpc) is 2.17. The highest BCUT2D eigenvalue weighted by Gasteiger charge is 2.00. The van der Waals surface area contributed by atoms with E-state index in [0.29, 0.717) is 13.0 Å². The zero-order valence-electron chi connectivity index (χ0n) is 8.74. The van der Waals surface area contributed by atoms with Gasteiger partial charge in [0, 0.05) is 12.8 Å². The zero-order chi connectivity index (χ0) is 10.6. The van der Waals surface area contributed by atoms with Gasteiger partial charge in [-0.1, -0.05) is 12.8 Å². The smallest absolute Gasteiger partial charge is 0.305 e. The number of hydrogen-bond donors (Lipinski definition) is 0. The van der Waals surface area contributed by atoms with E-state index >= 15 is 0 Å². The Bertz CT molecular complexity index is 198. The molecule has 14 heavy (non-hydrogen) atoms. The first-order chi connectivity index (χ1) is 6.81. The molecule has 0 spiro atoms. The van der Waals surface area contributed by atoms with E-state index in [2.05, 4.69) is 4.79 Å². The third-order valence-electron chi connectivity index (χ3n) is 1.85. The van der Waals surface area contributed by atoms with Gasteiger partial charge in [0.05, 0.1) is 6.61 Å². The van der Waals surface area contributed by atoms with E-state index in [4.69, 9.17) is 10.3 Å². The lowest BCUT2D eigenvalue weighted by Crippen LogP contribution is -2.03. The van der Waals surface area contributed by atoms with Crippen LogP contribution in [0.3, 0.4) is 0 Å². The van der Waals surface area contributed by atoms with Crippen LogP contribution in [-0.2, 0) is 9.53 Å². The van der Waals surface area contributed by atoms with Crippen LogP contribution in [0, 0.1) is 0 Å². The van der Waals surface area contributed by atoms with Crippen molar-refractivity contribution < 1.29 is 14.3 Å². The van der Waals surface area contributed by atoms with E-state index in [9.17, 15) is 4.79 Å². The Labute approximate surface area is 84.9 Å². The summed E-state index contributed by atoms with van der Waals surface area (Å²) in [6, 6.07) is 0. The number of ether oxygens (including phenoxy) is 1. The van der Waals surface area contributed by atoms with Gasteiger partial charge in [-0.15, -0.1) is 0 Å². The average molecular weight is 198 g/mol. The molecule has 0 saturated carbocycles. The first-order valence-corrected chi connectivity index (χ1v) is 5.12. The van der Waals surface area contributed by atoms with Crippen molar-refractivity contribution >= 4 is 12.2 Å². The van der Waals surface area contributed by atoms with Gasteiger partial charge < -0.3 is 10.3 Å². The van der Waals surface area contributed by atoms with Crippen LogP contribution in [0.25, 0.3) is 5.53 Å². The lowest BCUT2D eigenvalue weighted by molar-refractivity contribution is -0.143. The first-order valence-electron chi connectivity index (χ1n) is 5.12. The van der Waals surface area contributed by atoms with E-state index < -0.39 is 0 Å². The van der Waals surface area contributed by atoms with Gasteiger partial charge in [0.1, 0.15) is 0 Å². The Morgan fingerprint density at radius 3 is 2.71 bits per heavy atom. The normalized spacial score (nSPS) is 9.21. The van der Waals surface area contributed by atoms with E-state index in [1.165, 1.54) is 6.21 Å². The van der Waals surface area contributed by atoms with Crippen molar-refractivity contribution in [3.05, 3.63) is 5.53 Å². The molecule has 0 aliphatic rings. The molecule has 0 saturated heterocycles. The number of unbranched alkanes of at least 4 members (excludes halogenated alkanes) is 4. The Hall–Kier alpha value is -1.15. The van der Waals surface area contributed by atoms with Crippen LogP contribution in [0.1, 0.15) is 45.4 Å². The third-order valence-corrected chi connectivity index (χ3v) is 1.85. The van der Waals surface area contributed by atoms with Crippen LogP contribution >= 0.6 is 0 Å². The summed E-state index contributed by atoms with van der Waals surface area (Å²) in [7, 11) is 0. The van der Waals surface area contributed by atoms with Gasteiger partial charge in [-0.2, -0.15) is 4.79 Å². The van der Waals surface area contributed by atoms with Gasteiger partial charge in [-0.3, -0.25) is 4.79 Å². The molecular weight excluding hydrogens is 180 g/mol. The van der Waals surface area contributed by atoms with Crippen LogP contribution in [0.15, 0.2) is 0 Å². The summed E-state index contributed by atoms with van der Waals surface area (Å²) < 4.78 is 4.79. The van der Waals surface area contributed by atoms with E-state index in [0.717, 1.165) is 32.1 Å². The Kier molecular flexibility index (Phi) is 9.12. The molecule has 0 aromatic rings. The first kappa shape index (κ1) is 12.8. The fourth-order valence-corrected chi connectivity index (χ4v) is 1.15. The highest BCUT2D eigenvalue weighted by atomic mass is 16.5. The van der Waals surface area contributed by atoms with Crippen LogP contribution in [0.2, 0.25) is 0 Å². The molecule has 0 unspecified atom stereocenters. The molecule has 4 heteroatoms. The maximum atomic E-state index is 10.9. The predicted molar refractivity (Wildman–Crippen MR) is 54.0 cm³/mol. The monoisotopic (exact) mass is 198 g/mol. The Balaban J connectivity index is 3.13. The van der Waals surface area contributed by atoms with Crippen molar-refractivity contribution in [2.45, 2.75) is 45.4 Å². The molecule has 0 aliphatic carbocycles. The van der Waals surface area contributed by atoms with Crippen molar-refractivity contribution in [3.63, 3.8) is 0 Å². The molecule has 0 bridgehead atoms. The fraction of sp³-hybridized carbons (Fsp3) is 0.800. The predicted octanol–water partition coefficient (Wildman–Crippen LogP) is 2.19. The van der Waals surface area contributed by atoms with Crippen LogP contribution < -0.4 is 0 Å². The Morgan fingerprint density at radius 2 is 2.07 bits per heavy atom. The summed E-state index contributed by atoms with van der Waals surface area (Å²) in [6.07, 6.45) is 6.79. The lowest BCUT2D eigenvalue weighted by atomic mass is 10.1. The molecule has 0 aromatic heterocycles. The molecule has 0 rings (SSSR count). The molecule has 4 nitrogen and oxygen atoms in total. The summed E-state index contributed by atoms with van der Waals surface area (Å²) in [5.41, 5.74) is 8.11. The highest BCUT2D eigenvalue weighted by molar-refractivity contribution is 5.69. The quantitative estimate of drug-likeness (QED) is 0.197. The number of rotatable bonds is 8. The van der Waals surface area contributed by atoms with Crippen molar-refractivity contribution in [2.24, 2.45) is 0 Å². The molecule has 0 aliphatic heterocycles. The van der Waals surface area contributed by atoms with Gasteiger partial charge in [0.15, 0.2) is 0 Å². The summed E-state index contributed by atoms with van der Waals surface area (Å²) in [5.74, 6) is -0.107. The van der Waals surface area contributed by atoms with Gasteiger partial charge in [0.2, 0.25) is 0 Å². The maximum absolute atomic E-state index is 10.9. The summed E-state index contributed by atoms with van der Waals surface area (Å²) in [6.45, 7) is 2.28. The molecule has 0 aromatic carbocycles. The third kappa shape index (κ3) is 8.94. The van der Waals surface area contributed by atoms with E-state index in [1.54, 1.807) is 0 Å². The molecule has 0 heterocycles. The van der Waals surface area contributed by atoms with Crippen LogP contribution in [-0.4, -0.2) is 23.6 Å². The molecule has 0 amide bonds. The number of carbonyl (C=O) groups excluding carboxylic acids is 1. The zero-order valence-corrected chi connectivity index (χ0v) is 8.74. The molecule has 0 atom stereocenters. The van der Waals surface area contributed by atoms with Crippen LogP contribution in [0.5, 0.6) is 0 Å². The minimum Gasteiger partial charge on any atom is -0.466 e. The molecule has 0 fully saturated rings. The second-order valence-corrected chi connectivity index (χ2v) is 3.06. The van der Waals surface area contributed by atoms with Gasteiger partial charge in [-0.05, 0) is 19.8 Å². The van der Waals surface area contributed by atoms with Crippen molar-refractivity contribution in [3.8, 4) is 0 Å². The molecule has 80 valence electrons. The number of hydrogen-bond acceptors (Lipinski definition) is 2. The minimum atomic E-state index is -0.107. The summed E-state index contributed by atoms with van der Waals surface area (Å²) >= 11 is 0. The van der Waals surface area contributed by atoms with Gasteiger partial charge in [-0.25, -0.2) is 0 Å². The molecule has 0 N–H and O–H groups in total. The topological polar surface area (TPSA) is 62.7 Å². The second-order valence-electron chi connectivity index (χ2n) is 3.06. The summed E-state index contributed by atoms with van der Waals surface area (Å²) in [5, 5.41) is 0. The minimum absolute atomic E-state index is 0.107. The number of esters is 1. The Morgan fingerprint density at radius 1 is 1.36 bits per heavy atom.